The van der Waals surface area contributed by atoms with Crippen molar-refractivity contribution in [1.82, 2.24) is 0 Å². The third-order valence-electron chi connectivity index (χ3n) is 4.94. The molecule has 2 heteroatoms. The van der Waals surface area contributed by atoms with Crippen LogP contribution in [0.15, 0.2) is 96.8 Å². The van der Waals surface area contributed by atoms with Gasteiger partial charge in [0.25, 0.3) is 0 Å². The Balaban J connectivity index is 1.68. The molecule has 136 valence electrons. The van der Waals surface area contributed by atoms with Gasteiger partial charge in [-0.1, -0.05) is 90.7 Å². The standard InChI is InChI=1S/C26H20O2/c27-25-26(23-16-8-3-9-17-23,18-10-15-21-11-4-1-5-12-21)20-24(28-25)19-22-13-6-2-7-14-22/h1-9,11-14,16-17,19H,18,20H2/b24-19-. The molecular formula is C26H20O2. The maximum atomic E-state index is 13.0. The Morgan fingerprint density at radius 1 is 0.857 bits per heavy atom. The van der Waals surface area contributed by atoms with Crippen molar-refractivity contribution in [2.45, 2.75) is 18.3 Å². The Morgan fingerprint density at radius 3 is 2.14 bits per heavy atom. The highest BCUT2D eigenvalue weighted by molar-refractivity contribution is 5.88. The second-order valence-corrected chi connectivity index (χ2v) is 6.88. The van der Waals surface area contributed by atoms with Gasteiger partial charge >= 0.3 is 5.97 Å². The number of carbonyl (C=O) groups is 1. The summed E-state index contributed by atoms with van der Waals surface area (Å²) in [6.07, 6.45) is 2.86. The molecule has 1 fully saturated rings. The number of hydrogen-bond acceptors (Lipinski definition) is 2. The Labute approximate surface area is 165 Å². The van der Waals surface area contributed by atoms with Crippen LogP contribution in [-0.2, 0) is 14.9 Å². The number of hydrogen-bond donors (Lipinski definition) is 0. The number of ether oxygens (including phenoxy) is 1. The van der Waals surface area contributed by atoms with E-state index in [1.165, 1.54) is 0 Å². The van der Waals surface area contributed by atoms with Crippen LogP contribution in [0, 0.1) is 11.8 Å². The first kappa shape index (κ1) is 17.8. The monoisotopic (exact) mass is 364 g/mol. The Hall–Kier alpha value is -3.57. The molecule has 1 heterocycles. The lowest BCUT2D eigenvalue weighted by Crippen LogP contribution is -2.31. The number of carbonyl (C=O) groups excluding carboxylic acids is 1. The average Bonchev–Trinajstić information content (AvgIpc) is 3.06. The molecule has 0 bridgehead atoms. The second-order valence-electron chi connectivity index (χ2n) is 6.88. The summed E-state index contributed by atoms with van der Waals surface area (Å²) in [6, 6.07) is 29.6. The van der Waals surface area contributed by atoms with E-state index in [4.69, 9.17) is 4.74 Å². The zero-order chi connectivity index (χ0) is 19.2. The quantitative estimate of drug-likeness (QED) is 0.462. The minimum Gasteiger partial charge on any atom is -0.430 e. The van der Waals surface area contributed by atoms with Gasteiger partial charge in [-0.3, -0.25) is 4.79 Å². The van der Waals surface area contributed by atoms with Crippen LogP contribution in [-0.4, -0.2) is 5.97 Å². The molecule has 0 aromatic heterocycles. The molecule has 3 aromatic rings. The van der Waals surface area contributed by atoms with Gasteiger partial charge in [-0.2, -0.15) is 0 Å². The number of benzene rings is 3. The van der Waals surface area contributed by atoms with Gasteiger partial charge in [-0.05, 0) is 29.3 Å². The summed E-state index contributed by atoms with van der Waals surface area (Å²) in [6.45, 7) is 0. The van der Waals surface area contributed by atoms with Crippen LogP contribution in [0.5, 0.6) is 0 Å². The first-order valence-corrected chi connectivity index (χ1v) is 9.34. The van der Waals surface area contributed by atoms with E-state index in [1.807, 2.05) is 97.1 Å². The van der Waals surface area contributed by atoms with E-state index in [0.29, 0.717) is 18.6 Å². The molecule has 1 atom stereocenters. The SMILES string of the molecule is O=C1O/C(=C\c2ccccc2)CC1(CC#Cc1ccccc1)c1ccccc1. The van der Waals surface area contributed by atoms with E-state index >= 15 is 0 Å². The number of esters is 1. The zero-order valence-electron chi connectivity index (χ0n) is 15.5. The van der Waals surface area contributed by atoms with E-state index in [9.17, 15) is 4.79 Å². The molecule has 0 N–H and O–H groups in total. The predicted octanol–water partition coefficient (Wildman–Crippen LogP) is 5.35. The minimum absolute atomic E-state index is 0.233. The molecule has 3 aromatic carbocycles. The van der Waals surface area contributed by atoms with Crippen LogP contribution < -0.4 is 0 Å². The number of rotatable bonds is 3. The molecule has 0 spiro atoms. The van der Waals surface area contributed by atoms with Gasteiger partial charge in [0.05, 0.1) is 0 Å². The molecule has 0 aliphatic carbocycles. The van der Waals surface area contributed by atoms with Crippen molar-refractivity contribution in [1.29, 1.82) is 0 Å². The molecule has 0 radical (unpaired) electrons. The molecule has 1 aliphatic rings. The van der Waals surface area contributed by atoms with Gasteiger partial charge in [0.15, 0.2) is 0 Å². The first-order valence-electron chi connectivity index (χ1n) is 9.34. The van der Waals surface area contributed by atoms with E-state index in [0.717, 1.165) is 16.7 Å². The van der Waals surface area contributed by atoms with Crippen LogP contribution in [0.25, 0.3) is 6.08 Å². The van der Waals surface area contributed by atoms with Crippen molar-refractivity contribution < 1.29 is 9.53 Å². The Bertz CT molecular complexity index is 1040. The van der Waals surface area contributed by atoms with Gasteiger partial charge < -0.3 is 4.74 Å². The number of allylic oxidation sites excluding steroid dienone is 1. The molecule has 4 rings (SSSR count). The normalized spacial score (nSPS) is 19.7. The average molecular weight is 364 g/mol. The Kier molecular flexibility index (Phi) is 5.08. The highest BCUT2D eigenvalue weighted by atomic mass is 16.5. The van der Waals surface area contributed by atoms with Crippen LogP contribution in [0.2, 0.25) is 0 Å². The van der Waals surface area contributed by atoms with E-state index in [1.54, 1.807) is 0 Å². The zero-order valence-corrected chi connectivity index (χ0v) is 15.5. The maximum absolute atomic E-state index is 13.0. The summed E-state index contributed by atoms with van der Waals surface area (Å²) in [7, 11) is 0. The highest BCUT2D eigenvalue weighted by Gasteiger charge is 2.48. The lowest BCUT2D eigenvalue weighted by Gasteiger charge is -2.22. The predicted molar refractivity (Wildman–Crippen MR) is 111 cm³/mol. The largest absolute Gasteiger partial charge is 0.430 e. The topological polar surface area (TPSA) is 26.3 Å². The molecule has 28 heavy (non-hydrogen) atoms. The van der Waals surface area contributed by atoms with Crippen molar-refractivity contribution >= 4 is 12.0 Å². The van der Waals surface area contributed by atoms with Crippen molar-refractivity contribution in [2.75, 3.05) is 0 Å². The lowest BCUT2D eigenvalue weighted by molar-refractivity contribution is -0.140. The van der Waals surface area contributed by atoms with E-state index < -0.39 is 5.41 Å². The summed E-state index contributed by atoms with van der Waals surface area (Å²) in [5, 5.41) is 0. The van der Waals surface area contributed by atoms with Crippen LogP contribution in [0.1, 0.15) is 29.5 Å². The Morgan fingerprint density at radius 2 is 1.46 bits per heavy atom. The smallest absolute Gasteiger partial charge is 0.323 e. The van der Waals surface area contributed by atoms with Gasteiger partial charge in [0, 0.05) is 18.4 Å². The lowest BCUT2D eigenvalue weighted by atomic mass is 9.76. The third-order valence-corrected chi connectivity index (χ3v) is 4.94. The van der Waals surface area contributed by atoms with Crippen molar-refractivity contribution in [2.24, 2.45) is 0 Å². The van der Waals surface area contributed by atoms with Crippen LogP contribution in [0.4, 0.5) is 0 Å². The summed E-state index contributed by atoms with van der Waals surface area (Å²) < 4.78 is 5.69. The summed E-state index contributed by atoms with van der Waals surface area (Å²) in [4.78, 5) is 13.0. The van der Waals surface area contributed by atoms with Crippen LogP contribution >= 0.6 is 0 Å². The molecule has 0 amide bonds. The second kappa shape index (κ2) is 7.98. The van der Waals surface area contributed by atoms with Gasteiger partial charge in [-0.15, -0.1) is 0 Å². The maximum Gasteiger partial charge on any atom is 0.323 e. The van der Waals surface area contributed by atoms with Gasteiger partial charge in [0.2, 0.25) is 0 Å². The van der Waals surface area contributed by atoms with Crippen molar-refractivity contribution in [3.8, 4) is 11.8 Å². The third kappa shape index (κ3) is 3.75. The van der Waals surface area contributed by atoms with E-state index in [2.05, 4.69) is 11.8 Å². The fourth-order valence-corrected chi connectivity index (χ4v) is 3.47. The molecule has 2 nitrogen and oxygen atoms in total. The molecule has 0 saturated carbocycles. The van der Waals surface area contributed by atoms with Gasteiger partial charge in [0.1, 0.15) is 11.2 Å². The van der Waals surface area contributed by atoms with Crippen LogP contribution in [0.3, 0.4) is 0 Å². The van der Waals surface area contributed by atoms with Crippen molar-refractivity contribution in [3.05, 3.63) is 113 Å². The molecule has 1 unspecified atom stereocenters. The summed E-state index contributed by atoms with van der Waals surface area (Å²) >= 11 is 0. The molecule has 1 aliphatic heterocycles. The fourth-order valence-electron chi connectivity index (χ4n) is 3.47. The molecular weight excluding hydrogens is 344 g/mol. The summed E-state index contributed by atoms with van der Waals surface area (Å²) in [5.41, 5.74) is 2.13. The highest BCUT2D eigenvalue weighted by Crippen LogP contribution is 2.42. The fraction of sp³-hybridized carbons (Fsp3) is 0.115. The number of cyclic esters (lactones) is 1. The first-order chi connectivity index (χ1) is 13.8. The minimum atomic E-state index is -0.774. The van der Waals surface area contributed by atoms with Gasteiger partial charge in [-0.25, -0.2) is 0 Å². The molecule has 1 saturated heterocycles. The summed E-state index contributed by atoms with van der Waals surface area (Å²) in [5.74, 6) is 6.84. The van der Waals surface area contributed by atoms with Crippen molar-refractivity contribution in [3.63, 3.8) is 0 Å². The van der Waals surface area contributed by atoms with E-state index in [-0.39, 0.29) is 5.97 Å².